The summed E-state index contributed by atoms with van der Waals surface area (Å²) in [5.41, 5.74) is 0. The predicted molar refractivity (Wildman–Crippen MR) is 52.9 cm³/mol. The fraction of sp³-hybridized carbons (Fsp3) is 0.636. The summed E-state index contributed by atoms with van der Waals surface area (Å²) in [6.45, 7) is 1.93. The molecule has 0 heterocycles. The number of allylic oxidation sites excluding steroid dienone is 2. The molecular weight excluding hydrogens is 180 g/mol. The molecular formula is C11H16O3. The largest absolute Gasteiger partial charge is 0.481 e. The minimum Gasteiger partial charge on any atom is -0.481 e. The fourth-order valence-corrected chi connectivity index (χ4v) is 2.05. The van der Waals surface area contributed by atoms with E-state index in [-0.39, 0.29) is 24.0 Å². The van der Waals surface area contributed by atoms with Gasteiger partial charge >= 0.3 is 5.97 Å². The van der Waals surface area contributed by atoms with Crippen LogP contribution in [0.2, 0.25) is 0 Å². The van der Waals surface area contributed by atoms with E-state index >= 15 is 0 Å². The Balaban J connectivity index is 2.53. The first-order valence-electron chi connectivity index (χ1n) is 4.98. The van der Waals surface area contributed by atoms with Crippen LogP contribution in [0.3, 0.4) is 0 Å². The normalized spacial score (nSPS) is 27.4. The lowest BCUT2D eigenvalue weighted by atomic mass is 9.90. The van der Waals surface area contributed by atoms with Gasteiger partial charge in [0.25, 0.3) is 0 Å². The van der Waals surface area contributed by atoms with Crippen LogP contribution in [0.25, 0.3) is 0 Å². The molecule has 2 atom stereocenters. The van der Waals surface area contributed by atoms with Gasteiger partial charge in [-0.15, -0.1) is 0 Å². The topological polar surface area (TPSA) is 54.4 Å². The van der Waals surface area contributed by atoms with Gasteiger partial charge in [-0.2, -0.15) is 0 Å². The smallest absolute Gasteiger partial charge is 0.303 e. The Kier molecular flexibility index (Phi) is 3.86. The van der Waals surface area contributed by atoms with Crippen molar-refractivity contribution in [1.82, 2.24) is 0 Å². The highest BCUT2D eigenvalue weighted by atomic mass is 16.4. The number of carbonyl (C=O) groups excluding carboxylic acids is 1. The number of carboxylic acid groups (broad SMARTS) is 1. The van der Waals surface area contributed by atoms with E-state index in [2.05, 4.69) is 0 Å². The third-order valence-electron chi connectivity index (χ3n) is 2.76. The van der Waals surface area contributed by atoms with Crippen LogP contribution in [-0.4, -0.2) is 16.9 Å². The molecule has 78 valence electrons. The number of Topliss-reactive ketones (excluding diaryl/α,β-unsaturated/α-hetero) is 1. The van der Waals surface area contributed by atoms with Crippen LogP contribution < -0.4 is 0 Å². The van der Waals surface area contributed by atoms with Crippen molar-refractivity contribution in [3.05, 3.63) is 12.2 Å². The molecule has 0 aromatic carbocycles. The van der Waals surface area contributed by atoms with Crippen molar-refractivity contribution >= 4 is 11.8 Å². The molecule has 1 aliphatic carbocycles. The molecule has 3 nitrogen and oxygen atoms in total. The van der Waals surface area contributed by atoms with Crippen molar-refractivity contribution in [1.29, 1.82) is 0 Å². The number of hydrogen-bond donors (Lipinski definition) is 1. The summed E-state index contributed by atoms with van der Waals surface area (Å²) >= 11 is 0. The summed E-state index contributed by atoms with van der Waals surface area (Å²) in [6.07, 6.45) is 5.93. The number of carbonyl (C=O) groups is 2. The Hall–Kier alpha value is -1.12. The number of carboxylic acids is 1. The minimum atomic E-state index is -0.796. The van der Waals surface area contributed by atoms with E-state index in [9.17, 15) is 9.59 Å². The van der Waals surface area contributed by atoms with E-state index < -0.39 is 5.97 Å². The van der Waals surface area contributed by atoms with Crippen LogP contribution in [0, 0.1) is 11.8 Å². The van der Waals surface area contributed by atoms with Crippen molar-refractivity contribution in [3.8, 4) is 0 Å². The quantitative estimate of drug-likeness (QED) is 0.700. The third kappa shape index (κ3) is 2.98. The van der Waals surface area contributed by atoms with Gasteiger partial charge in [-0.1, -0.05) is 12.2 Å². The molecule has 3 heteroatoms. The van der Waals surface area contributed by atoms with Gasteiger partial charge < -0.3 is 5.11 Å². The van der Waals surface area contributed by atoms with Crippen LogP contribution >= 0.6 is 0 Å². The second-order valence-electron chi connectivity index (χ2n) is 3.87. The summed E-state index contributed by atoms with van der Waals surface area (Å²) in [7, 11) is 0. The third-order valence-corrected chi connectivity index (χ3v) is 2.76. The molecule has 0 radical (unpaired) electrons. The zero-order valence-electron chi connectivity index (χ0n) is 8.40. The molecule has 1 fully saturated rings. The zero-order valence-corrected chi connectivity index (χ0v) is 8.40. The predicted octanol–water partition coefficient (Wildman–Crippen LogP) is 2.02. The van der Waals surface area contributed by atoms with Crippen LogP contribution in [0.1, 0.15) is 32.6 Å². The van der Waals surface area contributed by atoms with Crippen molar-refractivity contribution < 1.29 is 14.7 Å². The van der Waals surface area contributed by atoms with Gasteiger partial charge in [0.2, 0.25) is 0 Å². The highest BCUT2D eigenvalue weighted by molar-refractivity contribution is 5.82. The van der Waals surface area contributed by atoms with Crippen molar-refractivity contribution in [2.45, 2.75) is 32.6 Å². The lowest BCUT2D eigenvalue weighted by molar-refractivity contribution is -0.138. The molecule has 0 aromatic heterocycles. The van der Waals surface area contributed by atoms with E-state index in [1.807, 2.05) is 19.1 Å². The van der Waals surface area contributed by atoms with Crippen LogP contribution in [0.4, 0.5) is 0 Å². The maximum absolute atomic E-state index is 11.2. The number of hydrogen-bond acceptors (Lipinski definition) is 2. The summed E-state index contributed by atoms with van der Waals surface area (Å²) in [5, 5.41) is 8.67. The first-order chi connectivity index (χ1) is 6.63. The highest BCUT2D eigenvalue weighted by Gasteiger charge is 2.33. The molecule has 1 rings (SSSR count). The first kappa shape index (κ1) is 11.0. The monoisotopic (exact) mass is 196 g/mol. The SMILES string of the molecule is CC=CCC1CC(=O)CC1CC(=O)O. The summed E-state index contributed by atoms with van der Waals surface area (Å²) in [4.78, 5) is 21.7. The molecule has 0 bridgehead atoms. The van der Waals surface area contributed by atoms with Crippen molar-refractivity contribution in [2.75, 3.05) is 0 Å². The van der Waals surface area contributed by atoms with Gasteiger partial charge in [-0.3, -0.25) is 9.59 Å². The van der Waals surface area contributed by atoms with Crippen molar-refractivity contribution in [2.24, 2.45) is 11.8 Å². The van der Waals surface area contributed by atoms with E-state index in [1.54, 1.807) is 0 Å². The Morgan fingerprint density at radius 2 is 2.14 bits per heavy atom. The van der Waals surface area contributed by atoms with Gasteiger partial charge in [-0.05, 0) is 25.2 Å². The van der Waals surface area contributed by atoms with E-state index in [4.69, 9.17) is 5.11 Å². The summed E-state index contributed by atoms with van der Waals surface area (Å²) in [6, 6.07) is 0. The Morgan fingerprint density at radius 3 is 2.71 bits per heavy atom. The zero-order chi connectivity index (χ0) is 10.6. The van der Waals surface area contributed by atoms with Gasteiger partial charge in [-0.25, -0.2) is 0 Å². The van der Waals surface area contributed by atoms with E-state index in [1.165, 1.54) is 0 Å². The van der Waals surface area contributed by atoms with Gasteiger partial charge in [0.1, 0.15) is 5.78 Å². The van der Waals surface area contributed by atoms with Gasteiger partial charge in [0, 0.05) is 19.3 Å². The molecule has 14 heavy (non-hydrogen) atoms. The minimum absolute atomic E-state index is 0.0520. The van der Waals surface area contributed by atoms with Crippen LogP contribution in [0.5, 0.6) is 0 Å². The first-order valence-corrected chi connectivity index (χ1v) is 4.98. The molecule has 1 N–H and O–H groups in total. The average molecular weight is 196 g/mol. The fourth-order valence-electron chi connectivity index (χ4n) is 2.05. The Bertz CT molecular complexity index is 255. The van der Waals surface area contributed by atoms with E-state index in [0.717, 1.165) is 6.42 Å². The second-order valence-corrected chi connectivity index (χ2v) is 3.87. The number of aliphatic carboxylic acids is 1. The Morgan fingerprint density at radius 1 is 1.50 bits per heavy atom. The molecule has 1 aliphatic rings. The lowest BCUT2D eigenvalue weighted by Gasteiger charge is -2.14. The molecule has 0 spiro atoms. The molecule has 0 aromatic rings. The van der Waals surface area contributed by atoms with Gasteiger partial charge in [0.15, 0.2) is 0 Å². The molecule has 0 saturated heterocycles. The molecule has 1 saturated carbocycles. The maximum atomic E-state index is 11.2. The second kappa shape index (κ2) is 4.94. The molecule has 0 aliphatic heterocycles. The number of ketones is 1. The molecule has 2 unspecified atom stereocenters. The summed E-state index contributed by atoms with van der Waals surface area (Å²) < 4.78 is 0. The van der Waals surface area contributed by atoms with E-state index in [0.29, 0.717) is 12.8 Å². The van der Waals surface area contributed by atoms with Crippen molar-refractivity contribution in [3.63, 3.8) is 0 Å². The molecule has 0 amide bonds. The Labute approximate surface area is 83.8 Å². The average Bonchev–Trinajstić information content (AvgIpc) is 2.41. The maximum Gasteiger partial charge on any atom is 0.303 e. The number of rotatable bonds is 4. The summed E-state index contributed by atoms with van der Waals surface area (Å²) in [5.74, 6) is -0.285. The standard InChI is InChI=1S/C11H16O3/c1-2-3-4-8-5-10(12)6-9(8)7-11(13)14/h2-3,8-9H,4-7H2,1H3,(H,13,14). The van der Waals surface area contributed by atoms with Crippen LogP contribution in [-0.2, 0) is 9.59 Å². The highest BCUT2D eigenvalue weighted by Crippen LogP contribution is 2.34. The lowest BCUT2D eigenvalue weighted by Crippen LogP contribution is -2.12. The van der Waals surface area contributed by atoms with Gasteiger partial charge in [0.05, 0.1) is 0 Å². The van der Waals surface area contributed by atoms with Crippen LogP contribution in [0.15, 0.2) is 12.2 Å².